The molecule has 20 heavy (non-hydrogen) atoms. The van der Waals surface area contributed by atoms with Crippen LogP contribution in [-0.4, -0.2) is 18.9 Å². The standard InChI is InChI=1S/C17H26O3/c1-4-19-16(20-15(18)11(2)3)17-9-8-12(10-17)13-6-5-7-14(13)17/h12-14,16H,2,4-10H2,1,3H3. The molecule has 3 saturated carbocycles. The minimum atomic E-state index is -0.366. The first-order valence-corrected chi connectivity index (χ1v) is 8.06. The van der Waals surface area contributed by atoms with E-state index in [9.17, 15) is 4.79 Å². The molecule has 0 aliphatic heterocycles. The van der Waals surface area contributed by atoms with Gasteiger partial charge in [0.25, 0.3) is 0 Å². The van der Waals surface area contributed by atoms with Crippen molar-refractivity contribution >= 4 is 5.97 Å². The third-order valence-corrected chi connectivity index (χ3v) is 5.89. The van der Waals surface area contributed by atoms with Crippen LogP contribution >= 0.6 is 0 Å². The van der Waals surface area contributed by atoms with Gasteiger partial charge in [-0.15, -0.1) is 0 Å². The van der Waals surface area contributed by atoms with E-state index >= 15 is 0 Å². The van der Waals surface area contributed by atoms with E-state index in [0.29, 0.717) is 18.1 Å². The molecule has 0 aromatic heterocycles. The fourth-order valence-corrected chi connectivity index (χ4v) is 5.17. The molecule has 3 heteroatoms. The maximum absolute atomic E-state index is 11.9. The summed E-state index contributed by atoms with van der Waals surface area (Å²) in [6, 6.07) is 0. The van der Waals surface area contributed by atoms with Crippen molar-refractivity contribution in [3.63, 3.8) is 0 Å². The first-order valence-electron chi connectivity index (χ1n) is 8.06. The SMILES string of the molecule is C=C(C)C(=O)OC(OCC)C12CCC(C1)C1CCCC12. The van der Waals surface area contributed by atoms with Crippen molar-refractivity contribution in [3.05, 3.63) is 12.2 Å². The number of carbonyl (C=O) groups excluding carboxylic acids is 1. The summed E-state index contributed by atoms with van der Waals surface area (Å²) in [7, 11) is 0. The third-order valence-electron chi connectivity index (χ3n) is 5.89. The van der Waals surface area contributed by atoms with Gasteiger partial charge >= 0.3 is 5.97 Å². The maximum atomic E-state index is 11.9. The molecule has 5 unspecified atom stereocenters. The Labute approximate surface area is 121 Å². The van der Waals surface area contributed by atoms with Crippen molar-refractivity contribution in [2.24, 2.45) is 23.2 Å². The number of rotatable bonds is 5. The molecular weight excluding hydrogens is 252 g/mol. The van der Waals surface area contributed by atoms with Gasteiger partial charge in [-0.1, -0.05) is 13.0 Å². The first kappa shape index (κ1) is 14.1. The van der Waals surface area contributed by atoms with Crippen molar-refractivity contribution in [2.45, 2.75) is 58.7 Å². The van der Waals surface area contributed by atoms with E-state index in [-0.39, 0.29) is 17.7 Å². The van der Waals surface area contributed by atoms with Crippen LogP contribution in [-0.2, 0) is 14.3 Å². The minimum absolute atomic E-state index is 0.0902. The van der Waals surface area contributed by atoms with Gasteiger partial charge in [0.1, 0.15) is 0 Å². The molecule has 112 valence electrons. The molecule has 0 aromatic carbocycles. The number of hydrogen-bond acceptors (Lipinski definition) is 3. The number of hydrogen-bond donors (Lipinski definition) is 0. The normalized spacial score (nSPS) is 39.6. The second-order valence-electron chi connectivity index (χ2n) is 6.91. The van der Waals surface area contributed by atoms with Crippen LogP contribution in [0.5, 0.6) is 0 Å². The molecule has 0 saturated heterocycles. The Morgan fingerprint density at radius 2 is 2.20 bits per heavy atom. The zero-order valence-corrected chi connectivity index (χ0v) is 12.7. The van der Waals surface area contributed by atoms with Crippen LogP contribution in [0.4, 0.5) is 0 Å². The van der Waals surface area contributed by atoms with Gasteiger partial charge in [0.15, 0.2) is 0 Å². The number of carbonyl (C=O) groups is 1. The van der Waals surface area contributed by atoms with E-state index in [0.717, 1.165) is 18.3 Å². The highest BCUT2D eigenvalue weighted by Crippen LogP contribution is 2.67. The smallest absolute Gasteiger partial charge is 0.335 e. The average molecular weight is 278 g/mol. The molecule has 2 bridgehead atoms. The number of fused-ring (bicyclic) bond motifs is 5. The summed E-state index contributed by atoms with van der Waals surface area (Å²) in [5.41, 5.74) is 0.550. The zero-order valence-electron chi connectivity index (χ0n) is 12.7. The van der Waals surface area contributed by atoms with Gasteiger partial charge in [-0.05, 0) is 63.7 Å². The van der Waals surface area contributed by atoms with Crippen LogP contribution in [0.15, 0.2) is 12.2 Å². The highest BCUT2D eigenvalue weighted by atomic mass is 16.7. The lowest BCUT2D eigenvalue weighted by Gasteiger charge is -2.41. The average Bonchev–Trinajstić information content (AvgIpc) is 3.10. The Morgan fingerprint density at radius 3 is 2.90 bits per heavy atom. The van der Waals surface area contributed by atoms with Crippen LogP contribution in [0.3, 0.4) is 0 Å². The minimum Gasteiger partial charge on any atom is -0.432 e. The number of esters is 1. The van der Waals surface area contributed by atoms with E-state index in [4.69, 9.17) is 9.47 Å². The Kier molecular flexibility index (Phi) is 3.65. The molecule has 0 N–H and O–H groups in total. The van der Waals surface area contributed by atoms with Gasteiger partial charge in [0, 0.05) is 17.6 Å². The second-order valence-corrected chi connectivity index (χ2v) is 6.91. The van der Waals surface area contributed by atoms with Gasteiger partial charge in [0.05, 0.1) is 0 Å². The van der Waals surface area contributed by atoms with Crippen LogP contribution in [0.1, 0.15) is 52.4 Å². The van der Waals surface area contributed by atoms with Crippen molar-refractivity contribution in [1.82, 2.24) is 0 Å². The topological polar surface area (TPSA) is 35.5 Å². The summed E-state index contributed by atoms with van der Waals surface area (Å²) in [5.74, 6) is 2.10. The molecule has 3 aliphatic carbocycles. The summed E-state index contributed by atoms with van der Waals surface area (Å²) in [6.45, 7) is 7.97. The predicted octanol–water partition coefficient (Wildman–Crippen LogP) is 3.68. The van der Waals surface area contributed by atoms with Crippen LogP contribution < -0.4 is 0 Å². The molecule has 3 nitrogen and oxygen atoms in total. The van der Waals surface area contributed by atoms with Gasteiger partial charge in [-0.2, -0.15) is 0 Å². The molecule has 3 rings (SSSR count). The van der Waals surface area contributed by atoms with Crippen molar-refractivity contribution in [1.29, 1.82) is 0 Å². The molecule has 5 atom stereocenters. The Morgan fingerprint density at radius 1 is 1.40 bits per heavy atom. The Balaban J connectivity index is 1.82. The molecule has 0 heterocycles. The Hall–Kier alpha value is -0.830. The second kappa shape index (κ2) is 5.18. The quantitative estimate of drug-likeness (QED) is 0.437. The van der Waals surface area contributed by atoms with Crippen molar-refractivity contribution < 1.29 is 14.3 Å². The van der Waals surface area contributed by atoms with Crippen LogP contribution in [0.25, 0.3) is 0 Å². The van der Waals surface area contributed by atoms with E-state index in [2.05, 4.69) is 6.58 Å². The van der Waals surface area contributed by atoms with Crippen molar-refractivity contribution in [2.75, 3.05) is 6.61 Å². The fourth-order valence-electron chi connectivity index (χ4n) is 5.17. The van der Waals surface area contributed by atoms with Gasteiger partial charge in [-0.3, -0.25) is 0 Å². The van der Waals surface area contributed by atoms with Crippen LogP contribution in [0.2, 0.25) is 0 Å². The van der Waals surface area contributed by atoms with E-state index < -0.39 is 0 Å². The predicted molar refractivity (Wildman–Crippen MR) is 76.9 cm³/mol. The molecule has 0 amide bonds. The molecule has 0 spiro atoms. The number of ether oxygens (including phenoxy) is 2. The first-order chi connectivity index (χ1) is 9.58. The molecule has 0 radical (unpaired) electrons. The molecule has 3 fully saturated rings. The molecule has 0 aromatic rings. The van der Waals surface area contributed by atoms with E-state index in [1.54, 1.807) is 6.92 Å². The summed E-state index contributed by atoms with van der Waals surface area (Å²) < 4.78 is 11.6. The Bertz CT molecular complexity index is 416. The van der Waals surface area contributed by atoms with E-state index in [1.165, 1.54) is 32.1 Å². The molecular formula is C17H26O3. The highest BCUT2D eigenvalue weighted by molar-refractivity contribution is 5.87. The summed E-state index contributed by atoms with van der Waals surface area (Å²) in [6.07, 6.45) is 7.26. The van der Waals surface area contributed by atoms with Gasteiger partial charge in [-0.25, -0.2) is 4.79 Å². The lowest BCUT2D eigenvalue weighted by Crippen LogP contribution is -2.43. The highest BCUT2D eigenvalue weighted by Gasteiger charge is 2.63. The van der Waals surface area contributed by atoms with E-state index in [1.807, 2.05) is 6.92 Å². The zero-order chi connectivity index (χ0) is 14.3. The van der Waals surface area contributed by atoms with Crippen LogP contribution in [0, 0.1) is 23.2 Å². The summed E-state index contributed by atoms with van der Waals surface area (Å²) >= 11 is 0. The largest absolute Gasteiger partial charge is 0.432 e. The summed E-state index contributed by atoms with van der Waals surface area (Å²) in [4.78, 5) is 11.9. The van der Waals surface area contributed by atoms with Gasteiger partial charge in [0.2, 0.25) is 6.29 Å². The third kappa shape index (κ3) is 2.02. The monoisotopic (exact) mass is 278 g/mol. The summed E-state index contributed by atoms with van der Waals surface area (Å²) in [5, 5.41) is 0. The lowest BCUT2D eigenvalue weighted by atomic mass is 9.71. The maximum Gasteiger partial charge on any atom is 0.335 e. The van der Waals surface area contributed by atoms with Crippen molar-refractivity contribution in [3.8, 4) is 0 Å². The van der Waals surface area contributed by atoms with Gasteiger partial charge < -0.3 is 9.47 Å². The molecule has 3 aliphatic rings. The fraction of sp³-hybridized carbons (Fsp3) is 0.824. The lowest BCUT2D eigenvalue weighted by molar-refractivity contribution is -0.215.